The lowest BCUT2D eigenvalue weighted by Gasteiger charge is -2.05. The summed E-state index contributed by atoms with van der Waals surface area (Å²) in [4.78, 5) is 1.99. The highest BCUT2D eigenvalue weighted by Crippen LogP contribution is 1.86. The van der Waals surface area contributed by atoms with Gasteiger partial charge in [-0.1, -0.05) is 11.8 Å². The van der Waals surface area contributed by atoms with E-state index in [1.54, 1.807) is 0 Å². The highest BCUT2D eigenvalue weighted by molar-refractivity contribution is 5.05. The topological polar surface area (TPSA) is 32.7 Å². The van der Waals surface area contributed by atoms with Gasteiger partial charge in [0.2, 0.25) is 0 Å². The molecule has 0 aliphatic rings. The van der Waals surface area contributed by atoms with E-state index in [0.717, 1.165) is 6.54 Å². The lowest BCUT2D eigenvalue weighted by molar-refractivity contribution is 0.0687. The summed E-state index contributed by atoms with van der Waals surface area (Å²) in [5, 5.41) is 8.45. The minimum Gasteiger partial charge on any atom is -0.394 e. The molecule has 70 valence electrons. The Kier molecular flexibility index (Phi) is 6.78. The Morgan fingerprint density at radius 1 is 1.50 bits per heavy atom. The predicted octanol–water partition coefficient (Wildman–Crippen LogP) is -0.0512. The number of aliphatic hydroxyl groups is 1. The summed E-state index contributed by atoms with van der Waals surface area (Å²) in [6, 6.07) is 0. The van der Waals surface area contributed by atoms with Crippen molar-refractivity contribution in [2.45, 2.75) is 13.0 Å². The van der Waals surface area contributed by atoms with Gasteiger partial charge < -0.3 is 9.84 Å². The molecule has 0 aromatic carbocycles. The summed E-state index contributed by atoms with van der Waals surface area (Å²) in [6.07, 6.45) is -0.0860. The fourth-order valence-electron chi connectivity index (χ4n) is 0.619. The third-order valence-electron chi connectivity index (χ3n) is 1.16. The van der Waals surface area contributed by atoms with Crippen molar-refractivity contribution in [1.82, 2.24) is 4.90 Å². The van der Waals surface area contributed by atoms with Gasteiger partial charge in [-0.3, -0.25) is 4.90 Å². The molecule has 1 N–H and O–H groups in total. The van der Waals surface area contributed by atoms with E-state index in [2.05, 4.69) is 11.8 Å². The molecule has 0 aliphatic carbocycles. The van der Waals surface area contributed by atoms with Crippen molar-refractivity contribution in [1.29, 1.82) is 0 Å². The van der Waals surface area contributed by atoms with E-state index in [1.165, 1.54) is 0 Å². The van der Waals surface area contributed by atoms with Crippen LogP contribution in [0.4, 0.5) is 0 Å². The van der Waals surface area contributed by atoms with Crippen molar-refractivity contribution in [2.24, 2.45) is 0 Å². The van der Waals surface area contributed by atoms with Crippen LogP contribution in [0.1, 0.15) is 6.92 Å². The highest BCUT2D eigenvalue weighted by atomic mass is 16.5. The Labute approximate surface area is 74.3 Å². The van der Waals surface area contributed by atoms with Gasteiger partial charge in [0.25, 0.3) is 0 Å². The number of hydrogen-bond donors (Lipinski definition) is 1. The summed E-state index contributed by atoms with van der Waals surface area (Å²) >= 11 is 0. The van der Waals surface area contributed by atoms with Crippen LogP contribution in [0, 0.1) is 11.8 Å². The molecule has 3 nitrogen and oxygen atoms in total. The van der Waals surface area contributed by atoms with Crippen molar-refractivity contribution in [3.63, 3.8) is 0 Å². The minimum absolute atomic E-state index is 0.0553. The molecule has 0 bridgehead atoms. The molecule has 0 saturated heterocycles. The van der Waals surface area contributed by atoms with Crippen LogP contribution in [-0.2, 0) is 4.74 Å². The molecule has 0 heterocycles. The smallest absolute Gasteiger partial charge is 0.115 e. The average Bonchev–Trinajstić information content (AvgIpc) is 2.00. The van der Waals surface area contributed by atoms with Crippen LogP contribution < -0.4 is 0 Å². The molecule has 0 fully saturated rings. The summed E-state index contributed by atoms with van der Waals surface area (Å²) in [5.41, 5.74) is 0. The zero-order chi connectivity index (χ0) is 9.40. The standard InChI is InChI=1S/C9H17NO2/c1-9(12-8-7-11)5-4-6-10(2)3/h9,11H,6-8H2,1-3H3/t9-/m1/s1. The molecular weight excluding hydrogens is 154 g/mol. The largest absolute Gasteiger partial charge is 0.394 e. The van der Waals surface area contributed by atoms with Crippen LogP contribution in [0.2, 0.25) is 0 Å². The second-order valence-electron chi connectivity index (χ2n) is 2.80. The summed E-state index contributed by atoms with van der Waals surface area (Å²) in [7, 11) is 3.93. The first kappa shape index (κ1) is 11.4. The molecule has 0 spiro atoms. The Bertz CT molecular complexity index is 158. The Balaban J connectivity index is 3.49. The maximum absolute atomic E-state index is 8.45. The molecule has 0 rings (SSSR count). The van der Waals surface area contributed by atoms with Crippen LogP contribution in [0.5, 0.6) is 0 Å². The van der Waals surface area contributed by atoms with Gasteiger partial charge in [-0.25, -0.2) is 0 Å². The molecular formula is C9H17NO2. The van der Waals surface area contributed by atoms with Crippen molar-refractivity contribution in [2.75, 3.05) is 33.9 Å². The van der Waals surface area contributed by atoms with Gasteiger partial charge in [-0.15, -0.1) is 0 Å². The Hall–Kier alpha value is -0.560. The highest BCUT2D eigenvalue weighted by Gasteiger charge is 1.93. The van der Waals surface area contributed by atoms with Crippen molar-refractivity contribution in [3.05, 3.63) is 0 Å². The zero-order valence-corrected chi connectivity index (χ0v) is 8.00. The van der Waals surface area contributed by atoms with Gasteiger partial charge >= 0.3 is 0 Å². The van der Waals surface area contributed by atoms with Gasteiger partial charge in [0.15, 0.2) is 0 Å². The first-order valence-corrected chi connectivity index (χ1v) is 4.02. The zero-order valence-electron chi connectivity index (χ0n) is 8.00. The normalized spacial score (nSPS) is 12.4. The van der Waals surface area contributed by atoms with E-state index in [-0.39, 0.29) is 12.7 Å². The van der Waals surface area contributed by atoms with Crippen LogP contribution in [-0.4, -0.2) is 50.0 Å². The van der Waals surface area contributed by atoms with Crippen LogP contribution >= 0.6 is 0 Å². The third-order valence-corrected chi connectivity index (χ3v) is 1.16. The quantitative estimate of drug-likeness (QED) is 0.602. The van der Waals surface area contributed by atoms with E-state index in [0.29, 0.717) is 6.61 Å². The number of hydrogen-bond acceptors (Lipinski definition) is 3. The second-order valence-corrected chi connectivity index (χ2v) is 2.80. The first-order valence-electron chi connectivity index (χ1n) is 4.02. The molecule has 1 atom stereocenters. The van der Waals surface area contributed by atoms with E-state index in [1.807, 2.05) is 25.9 Å². The maximum Gasteiger partial charge on any atom is 0.115 e. The molecule has 0 saturated carbocycles. The Morgan fingerprint density at radius 3 is 2.67 bits per heavy atom. The van der Waals surface area contributed by atoms with E-state index in [4.69, 9.17) is 9.84 Å². The Morgan fingerprint density at radius 2 is 2.17 bits per heavy atom. The van der Waals surface area contributed by atoms with Crippen LogP contribution in [0.15, 0.2) is 0 Å². The monoisotopic (exact) mass is 171 g/mol. The lowest BCUT2D eigenvalue weighted by Crippen LogP contribution is -2.13. The summed E-state index contributed by atoms with van der Waals surface area (Å²) < 4.78 is 5.13. The molecule has 0 unspecified atom stereocenters. The van der Waals surface area contributed by atoms with Crippen molar-refractivity contribution < 1.29 is 9.84 Å². The molecule has 12 heavy (non-hydrogen) atoms. The van der Waals surface area contributed by atoms with Crippen molar-refractivity contribution in [3.8, 4) is 11.8 Å². The third kappa shape index (κ3) is 7.55. The number of ether oxygens (including phenoxy) is 1. The molecule has 0 aliphatic heterocycles. The van der Waals surface area contributed by atoms with E-state index < -0.39 is 0 Å². The van der Waals surface area contributed by atoms with E-state index >= 15 is 0 Å². The van der Waals surface area contributed by atoms with E-state index in [9.17, 15) is 0 Å². The van der Waals surface area contributed by atoms with Gasteiger partial charge in [-0.2, -0.15) is 0 Å². The van der Waals surface area contributed by atoms with Gasteiger partial charge in [0.1, 0.15) is 6.10 Å². The number of rotatable bonds is 4. The molecule has 0 amide bonds. The molecule has 0 radical (unpaired) electrons. The fraction of sp³-hybridized carbons (Fsp3) is 0.778. The number of aliphatic hydroxyl groups excluding tert-OH is 1. The molecule has 0 aromatic heterocycles. The van der Waals surface area contributed by atoms with Crippen LogP contribution in [0.3, 0.4) is 0 Å². The average molecular weight is 171 g/mol. The van der Waals surface area contributed by atoms with Gasteiger partial charge in [0.05, 0.1) is 19.8 Å². The SMILES string of the molecule is C[C@H](C#CCN(C)C)OCCO. The summed E-state index contributed by atoms with van der Waals surface area (Å²) in [6.45, 7) is 3.03. The second kappa shape index (κ2) is 7.11. The van der Waals surface area contributed by atoms with Gasteiger partial charge in [-0.05, 0) is 21.0 Å². The van der Waals surface area contributed by atoms with Crippen LogP contribution in [0.25, 0.3) is 0 Å². The lowest BCUT2D eigenvalue weighted by atomic mass is 10.4. The minimum atomic E-state index is -0.0860. The molecule has 0 aromatic rings. The fourth-order valence-corrected chi connectivity index (χ4v) is 0.619. The van der Waals surface area contributed by atoms with Gasteiger partial charge in [0, 0.05) is 0 Å². The van der Waals surface area contributed by atoms with Crippen molar-refractivity contribution >= 4 is 0 Å². The summed E-state index contributed by atoms with van der Waals surface area (Å²) in [5.74, 6) is 5.89. The number of nitrogens with zero attached hydrogens (tertiary/aromatic N) is 1. The predicted molar refractivity (Wildman–Crippen MR) is 48.8 cm³/mol. The first-order chi connectivity index (χ1) is 5.66. The maximum atomic E-state index is 8.45. The molecule has 3 heteroatoms.